The molecule has 4 N–H and O–H groups in total. The molecule has 4 rings (SSSR count). The third-order valence-corrected chi connectivity index (χ3v) is 7.28. The zero-order chi connectivity index (χ0) is 33.4. The van der Waals surface area contributed by atoms with E-state index >= 15 is 0 Å². The molecule has 0 spiro atoms. The molecule has 3 amide bonds. The van der Waals surface area contributed by atoms with Gasteiger partial charge >= 0.3 is 12.1 Å². The summed E-state index contributed by atoms with van der Waals surface area (Å²) in [5, 5.41) is 17.9. The molecule has 47 heavy (non-hydrogen) atoms. The minimum atomic E-state index is -1.11. The highest BCUT2D eigenvalue weighted by molar-refractivity contribution is 5.93. The summed E-state index contributed by atoms with van der Waals surface area (Å²) in [6, 6.07) is 30.5. The van der Waals surface area contributed by atoms with Crippen molar-refractivity contribution >= 4 is 23.9 Å². The van der Waals surface area contributed by atoms with Gasteiger partial charge in [0.2, 0.25) is 11.8 Å². The molecular weight excluding hydrogens is 598 g/mol. The van der Waals surface area contributed by atoms with Crippen LogP contribution in [0, 0.1) is 0 Å². The van der Waals surface area contributed by atoms with Gasteiger partial charge in [0.15, 0.2) is 0 Å². The number of phenols is 1. The number of phenolic OH excluding ortho intramolecular Hbond substituents is 1. The number of carbonyl (C=O) groups excluding carboxylic acids is 4. The fourth-order valence-corrected chi connectivity index (χ4v) is 4.87. The molecule has 3 atom stereocenters. The van der Waals surface area contributed by atoms with E-state index in [4.69, 9.17) is 9.47 Å². The number of esters is 1. The van der Waals surface area contributed by atoms with Crippen LogP contribution in [-0.4, -0.2) is 53.7 Å². The van der Waals surface area contributed by atoms with E-state index < -0.39 is 42.0 Å². The SMILES string of the molecule is CCOC(=O)C(Cc1ccc(O)cc1)NC(=O)C(Cc1ccccc1)NC(=O)C(Cc1ccccc1)NC(=O)OCc1ccccc1. The summed E-state index contributed by atoms with van der Waals surface area (Å²) in [6.45, 7) is 1.79. The average molecular weight is 638 g/mol. The summed E-state index contributed by atoms with van der Waals surface area (Å²) in [5.41, 5.74) is 3.03. The van der Waals surface area contributed by atoms with Crippen molar-refractivity contribution in [2.75, 3.05) is 6.61 Å². The molecule has 0 aliphatic rings. The number of aromatic hydroxyl groups is 1. The highest BCUT2D eigenvalue weighted by atomic mass is 16.5. The highest BCUT2D eigenvalue weighted by Crippen LogP contribution is 2.13. The van der Waals surface area contributed by atoms with Crippen LogP contribution in [0.4, 0.5) is 4.79 Å². The van der Waals surface area contributed by atoms with Crippen molar-refractivity contribution in [2.24, 2.45) is 0 Å². The van der Waals surface area contributed by atoms with Gasteiger partial charge in [0, 0.05) is 19.3 Å². The molecule has 0 aliphatic carbocycles. The first-order chi connectivity index (χ1) is 22.8. The van der Waals surface area contributed by atoms with Gasteiger partial charge in [0.25, 0.3) is 0 Å². The van der Waals surface area contributed by atoms with Crippen molar-refractivity contribution in [1.29, 1.82) is 0 Å². The lowest BCUT2D eigenvalue weighted by Crippen LogP contribution is -2.57. The van der Waals surface area contributed by atoms with Crippen LogP contribution in [0.15, 0.2) is 115 Å². The molecule has 3 unspecified atom stereocenters. The Labute approximate surface area is 274 Å². The monoisotopic (exact) mass is 637 g/mol. The minimum Gasteiger partial charge on any atom is -0.508 e. The van der Waals surface area contributed by atoms with Gasteiger partial charge in [-0.2, -0.15) is 0 Å². The lowest BCUT2D eigenvalue weighted by atomic mass is 10.0. The molecule has 0 aromatic heterocycles. The van der Waals surface area contributed by atoms with Gasteiger partial charge in [-0.25, -0.2) is 9.59 Å². The molecule has 0 heterocycles. The number of amides is 3. The average Bonchev–Trinajstić information content (AvgIpc) is 3.09. The second kappa shape index (κ2) is 17.7. The maximum atomic E-state index is 13.8. The normalized spacial score (nSPS) is 12.5. The van der Waals surface area contributed by atoms with Crippen molar-refractivity contribution in [2.45, 2.75) is 50.9 Å². The Kier molecular flexibility index (Phi) is 12.9. The Morgan fingerprint density at radius 2 is 0.979 bits per heavy atom. The number of rotatable bonds is 15. The third kappa shape index (κ3) is 11.3. The first-order valence-electron chi connectivity index (χ1n) is 15.4. The standard InChI is InChI=1S/C37H39N3O7/c1-2-46-36(44)33(24-28-18-20-30(41)21-19-28)39-34(42)31(22-26-12-6-3-7-13-26)38-35(43)32(23-27-14-8-4-9-15-27)40-37(45)47-25-29-16-10-5-11-17-29/h3-21,31-33,41H,2,22-25H2,1H3,(H,38,43)(H,39,42)(H,40,45). The lowest BCUT2D eigenvalue weighted by molar-refractivity contribution is -0.147. The fraction of sp³-hybridized carbons (Fsp3) is 0.243. The van der Waals surface area contributed by atoms with Crippen LogP contribution in [0.25, 0.3) is 0 Å². The molecule has 4 aromatic rings. The van der Waals surface area contributed by atoms with Gasteiger partial charge < -0.3 is 30.5 Å². The van der Waals surface area contributed by atoms with E-state index in [-0.39, 0.29) is 38.2 Å². The molecule has 0 saturated heterocycles. The van der Waals surface area contributed by atoms with Crippen LogP contribution in [-0.2, 0) is 49.7 Å². The number of hydrogen-bond acceptors (Lipinski definition) is 7. The molecule has 4 aromatic carbocycles. The van der Waals surface area contributed by atoms with Crippen molar-refractivity contribution in [3.8, 4) is 5.75 Å². The maximum absolute atomic E-state index is 13.8. The molecule has 10 nitrogen and oxygen atoms in total. The van der Waals surface area contributed by atoms with Gasteiger partial charge in [-0.3, -0.25) is 9.59 Å². The van der Waals surface area contributed by atoms with E-state index in [9.17, 15) is 24.3 Å². The summed E-state index contributed by atoms with van der Waals surface area (Å²) in [6.07, 6.45) is -0.435. The van der Waals surface area contributed by atoms with Crippen molar-refractivity contribution in [3.63, 3.8) is 0 Å². The van der Waals surface area contributed by atoms with Gasteiger partial charge in [-0.05, 0) is 41.3 Å². The summed E-state index contributed by atoms with van der Waals surface area (Å²) in [7, 11) is 0. The van der Waals surface area contributed by atoms with Crippen LogP contribution in [0.3, 0.4) is 0 Å². The number of ether oxygens (including phenoxy) is 2. The largest absolute Gasteiger partial charge is 0.508 e. The number of alkyl carbamates (subject to hydrolysis) is 1. The Morgan fingerprint density at radius 1 is 0.553 bits per heavy atom. The van der Waals surface area contributed by atoms with Crippen LogP contribution >= 0.6 is 0 Å². The maximum Gasteiger partial charge on any atom is 0.408 e. The molecule has 0 radical (unpaired) electrons. The quantitative estimate of drug-likeness (QED) is 0.143. The number of carbonyl (C=O) groups is 4. The Hall–Kier alpha value is -5.64. The van der Waals surface area contributed by atoms with E-state index in [0.29, 0.717) is 5.56 Å². The Balaban J connectivity index is 1.54. The predicted molar refractivity (Wildman–Crippen MR) is 176 cm³/mol. The van der Waals surface area contributed by atoms with E-state index in [1.54, 1.807) is 19.1 Å². The first kappa shape index (κ1) is 34.2. The molecule has 0 bridgehead atoms. The zero-order valence-electron chi connectivity index (χ0n) is 26.1. The van der Waals surface area contributed by atoms with Crippen LogP contribution in [0.5, 0.6) is 5.75 Å². The molecule has 0 aliphatic heterocycles. The van der Waals surface area contributed by atoms with E-state index in [0.717, 1.165) is 16.7 Å². The molecule has 10 heteroatoms. The van der Waals surface area contributed by atoms with E-state index in [1.165, 1.54) is 12.1 Å². The minimum absolute atomic E-state index is 0.0155. The topological polar surface area (TPSA) is 143 Å². The third-order valence-electron chi connectivity index (χ3n) is 7.28. The molecule has 244 valence electrons. The van der Waals surface area contributed by atoms with Gasteiger partial charge in [0.05, 0.1) is 6.61 Å². The Bertz CT molecular complexity index is 1580. The smallest absolute Gasteiger partial charge is 0.408 e. The number of hydrogen-bond donors (Lipinski definition) is 4. The summed E-state index contributed by atoms with van der Waals surface area (Å²) in [5.74, 6) is -1.78. The zero-order valence-corrected chi connectivity index (χ0v) is 26.1. The van der Waals surface area contributed by atoms with E-state index in [1.807, 2.05) is 91.0 Å². The van der Waals surface area contributed by atoms with Gasteiger partial charge in [-0.15, -0.1) is 0 Å². The number of benzene rings is 4. The summed E-state index contributed by atoms with van der Waals surface area (Å²) >= 11 is 0. The summed E-state index contributed by atoms with van der Waals surface area (Å²) in [4.78, 5) is 53.4. The number of nitrogens with one attached hydrogen (secondary N) is 3. The summed E-state index contributed by atoms with van der Waals surface area (Å²) < 4.78 is 10.6. The van der Waals surface area contributed by atoms with Crippen molar-refractivity contribution in [1.82, 2.24) is 16.0 Å². The Morgan fingerprint density at radius 3 is 1.49 bits per heavy atom. The molecule has 0 fully saturated rings. The van der Waals surface area contributed by atoms with Crippen LogP contribution in [0.1, 0.15) is 29.2 Å². The van der Waals surface area contributed by atoms with Crippen LogP contribution < -0.4 is 16.0 Å². The second-order valence-electron chi connectivity index (χ2n) is 10.9. The van der Waals surface area contributed by atoms with E-state index in [2.05, 4.69) is 16.0 Å². The second-order valence-corrected chi connectivity index (χ2v) is 10.9. The highest BCUT2D eigenvalue weighted by Gasteiger charge is 2.31. The van der Waals surface area contributed by atoms with Crippen molar-refractivity contribution in [3.05, 3.63) is 138 Å². The van der Waals surface area contributed by atoms with Gasteiger partial charge in [0.1, 0.15) is 30.5 Å². The predicted octanol–water partition coefficient (Wildman–Crippen LogP) is 4.25. The molecular formula is C37H39N3O7. The lowest BCUT2D eigenvalue weighted by Gasteiger charge is -2.25. The first-order valence-corrected chi connectivity index (χ1v) is 15.4. The van der Waals surface area contributed by atoms with Crippen LogP contribution in [0.2, 0.25) is 0 Å². The van der Waals surface area contributed by atoms with Gasteiger partial charge in [-0.1, -0.05) is 103 Å². The molecule has 0 saturated carbocycles. The fourth-order valence-electron chi connectivity index (χ4n) is 4.87. The van der Waals surface area contributed by atoms with Crippen molar-refractivity contribution < 1.29 is 33.8 Å².